The predicted octanol–water partition coefficient (Wildman–Crippen LogP) is 5.20. The van der Waals surface area contributed by atoms with Gasteiger partial charge < -0.3 is 25.6 Å². The molecule has 2 amide bonds. The van der Waals surface area contributed by atoms with Gasteiger partial charge in [0.15, 0.2) is 5.82 Å². The lowest BCUT2D eigenvalue weighted by molar-refractivity contribution is -0.265. The van der Waals surface area contributed by atoms with E-state index in [9.17, 15) is 27.9 Å². The summed E-state index contributed by atoms with van der Waals surface area (Å²) in [6, 6.07) is 6.11. The van der Waals surface area contributed by atoms with Crippen molar-refractivity contribution in [2.45, 2.75) is 43.0 Å². The molecule has 4 N–H and O–H groups in total. The Morgan fingerprint density at radius 2 is 1.91 bits per heavy atom. The van der Waals surface area contributed by atoms with Gasteiger partial charge in [0.1, 0.15) is 34.7 Å². The minimum Gasteiger partial charge on any atom is -0.494 e. The van der Waals surface area contributed by atoms with Crippen LogP contribution in [0.4, 0.5) is 17.6 Å². The van der Waals surface area contributed by atoms with E-state index in [0.717, 1.165) is 25.0 Å². The number of benzene rings is 2. The number of nitrogens with one attached hydrogen (secondary N) is 1. The first-order chi connectivity index (χ1) is 21.6. The molecule has 242 valence electrons. The molecule has 4 aromatic rings. The highest BCUT2D eigenvalue weighted by atomic mass is 35.5. The summed E-state index contributed by atoms with van der Waals surface area (Å²) in [5, 5.41) is 17.7. The van der Waals surface area contributed by atoms with Crippen LogP contribution in [-0.2, 0) is 15.8 Å². The quantitative estimate of drug-likeness (QED) is 0.171. The molecule has 3 heterocycles. The van der Waals surface area contributed by atoms with E-state index >= 15 is 4.39 Å². The van der Waals surface area contributed by atoms with Crippen molar-refractivity contribution < 1.29 is 41.7 Å². The minimum atomic E-state index is -5.45. The number of alkyl halides is 3. The van der Waals surface area contributed by atoms with Crippen molar-refractivity contribution in [3.05, 3.63) is 69.2 Å². The number of nitrogens with two attached hydrogens (primary N) is 1. The van der Waals surface area contributed by atoms with Crippen LogP contribution in [0.3, 0.4) is 0 Å². The number of pyridine rings is 1. The average molecular weight is 682 g/mol. The number of carbonyl (C=O) groups is 2. The number of hydrogen-bond acceptors (Lipinski definition) is 7. The Kier molecular flexibility index (Phi) is 7.60. The van der Waals surface area contributed by atoms with E-state index in [4.69, 9.17) is 38.4 Å². The van der Waals surface area contributed by atoms with Crippen molar-refractivity contribution in [3.8, 4) is 22.8 Å². The first-order valence-corrected chi connectivity index (χ1v) is 14.6. The molecule has 46 heavy (non-hydrogen) atoms. The Labute approximate surface area is 268 Å². The number of aromatic nitrogens is 3. The Hall–Kier alpha value is -4.14. The van der Waals surface area contributed by atoms with Crippen molar-refractivity contribution in [2.24, 2.45) is 5.73 Å². The van der Waals surface area contributed by atoms with Gasteiger partial charge in [0.05, 0.1) is 41.0 Å². The van der Waals surface area contributed by atoms with E-state index < -0.39 is 69.9 Å². The summed E-state index contributed by atoms with van der Waals surface area (Å²) in [6.45, 7) is -0.533. The summed E-state index contributed by atoms with van der Waals surface area (Å²) in [6.07, 6.45) is -1.85. The molecule has 0 spiro atoms. The highest BCUT2D eigenvalue weighted by Gasteiger charge is 2.58. The third-order valence-corrected chi connectivity index (χ3v) is 8.90. The molecule has 16 heteroatoms. The zero-order chi connectivity index (χ0) is 33.3. The van der Waals surface area contributed by atoms with Gasteiger partial charge in [-0.05, 0) is 50.1 Å². The second kappa shape index (κ2) is 11.0. The summed E-state index contributed by atoms with van der Waals surface area (Å²) in [7, 11) is 1.37. The van der Waals surface area contributed by atoms with E-state index in [1.165, 1.54) is 32.2 Å². The van der Waals surface area contributed by atoms with Gasteiger partial charge in [0, 0.05) is 22.7 Å². The number of ether oxygens (including phenoxy) is 2. The first kappa shape index (κ1) is 31.8. The Balaban J connectivity index is 1.44. The van der Waals surface area contributed by atoms with Crippen LogP contribution in [0.2, 0.25) is 10.0 Å². The number of amides is 2. The zero-order valence-electron chi connectivity index (χ0n) is 24.1. The van der Waals surface area contributed by atoms with Gasteiger partial charge in [-0.2, -0.15) is 18.3 Å². The average Bonchev–Trinajstić information content (AvgIpc) is 3.67. The molecular formula is C30H25Cl2F4N5O5. The van der Waals surface area contributed by atoms with Gasteiger partial charge >= 0.3 is 6.18 Å². The molecule has 0 saturated heterocycles. The molecule has 2 aromatic heterocycles. The number of fused-ring (bicyclic) bond motifs is 2. The second-order valence-electron chi connectivity index (χ2n) is 11.4. The van der Waals surface area contributed by atoms with Gasteiger partial charge in [0.25, 0.3) is 5.91 Å². The van der Waals surface area contributed by atoms with Crippen molar-refractivity contribution in [1.82, 2.24) is 20.1 Å². The second-order valence-corrected chi connectivity index (χ2v) is 12.2. The van der Waals surface area contributed by atoms with Gasteiger partial charge in [-0.15, -0.1) is 0 Å². The maximum Gasteiger partial charge on any atom is 0.424 e. The third-order valence-electron chi connectivity index (χ3n) is 8.29. The van der Waals surface area contributed by atoms with Gasteiger partial charge in [-0.3, -0.25) is 14.3 Å². The highest BCUT2D eigenvalue weighted by molar-refractivity contribution is 6.35. The molecule has 10 nitrogen and oxygen atoms in total. The normalized spacial score (nSPS) is 19.0. The van der Waals surface area contributed by atoms with Crippen molar-refractivity contribution in [1.29, 1.82) is 0 Å². The van der Waals surface area contributed by atoms with Crippen LogP contribution in [0.25, 0.3) is 22.2 Å². The molecule has 2 aliphatic rings. The lowest BCUT2D eigenvalue weighted by Crippen LogP contribution is -2.51. The first-order valence-electron chi connectivity index (χ1n) is 13.9. The van der Waals surface area contributed by atoms with E-state index in [0.29, 0.717) is 10.9 Å². The van der Waals surface area contributed by atoms with Crippen LogP contribution in [-0.4, -0.2) is 58.1 Å². The maximum absolute atomic E-state index is 15.3. The van der Waals surface area contributed by atoms with E-state index in [1.54, 1.807) is 10.9 Å². The van der Waals surface area contributed by atoms with Crippen LogP contribution < -0.4 is 20.5 Å². The Morgan fingerprint density at radius 1 is 1.22 bits per heavy atom. The summed E-state index contributed by atoms with van der Waals surface area (Å²) in [4.78, 5) is 29.7. The van der Waals surface area contributed by atoms with Gasteiger partial charge in [0.2, 0.25) is 11.5 Å². The van der Waals surface area contributed by atoms with E-state index in [-0.39, 0.29) is 33.7 Å². The number of nitrogens with zero attached hydrogens (tertiary/aromatic N) is 3. The molecule has 0 bridgehead atoms. The standard InChI is InChI=1S/C30H25Cl2F4N5O5/c1-28(27(37)43)12-46-25-16(28)9-20(39-24(25)21-17(31)5-6-18(32)22(21)33)29(44,30(34,35)36)11-38-26(42)13-7-14-10-41(15-3-4-15)40-23(14)19(8-13)45-2/h5-10,15,44H,3-4,11-12H2,1-2H3,(H2,37,43)(H,38,42)/t28-,29?/m0/s1. The van der Waals surface area contributed by atoms with Crippen LogP contribution in [0.1, 0.15) is 47.4 Å². The lowest BCUT2D eigenvalue weighted by Gasteiger charge is -2.31. The molecule has 2 atom stereocenters. The smallest absolute Gasteiger partial charge is 0.424 e. The van der Waals surface area contributed by atoms with Crippen molar-refractivity contribution in [2.75, 3.05) is 20.3 Å². The molecular weight excluding hydrogens is 657 g/mol. The zero-order valence-corrected chi connectivity index (χ0v) is 25.6. The number of aliphatic hydroxyl groups is 1. The fraction of sp³-hybridized carbons (Fsp3) is 0.333. The van der Waals surface area contributed by atoms with Gasteiger partial charge in [-0.1, -0.05) is 23.2 Å². The molecule has 6 rings (SSSR count). The molecule has 0 radical (unpaired) electrons. The van der Waals surface area contributed by atoms with Crippen molar-refractivity contribution in [3.63, 3.8) is 0 Å². The number of primary amides is 1. The number of halogens is 6. The minimum absolute atomic E-state index is 0.0608. The number of rotatable bonds is 8. The monoisotopic (exact) mass is 681 g/mol. The molecule has 1 fully saturated rings. The summed E-state index contributed by atoms with van der Waals surface area (Å²) in [5.74, 6) is -3.11. The third kappa shape index (κ3) is 5.08. The lowest BCUT2D eigenvalue weighted by atomic mass is 9.81. The van der Waals surface area contributed by atoms with Crippen LogP contribution in [0.5, 0.6) is 11.5 Å². The molecule has 1 aliphatic heterocycles. The number of hydrogen-bond donors (Lipinski definition) is 3. The van der Waals surface area contributed by atoms with Crippen LogP contribution in [0, 0.1) is 5.82 Å². The fourth-order valence-electron chi connectivity index (χ4n) is 5.29. The topological polar surface area (TPSA) is 142 Å². The SMILES string of the molecule is COc1cc(C(=O)NCC(O)(c2cc3c(c(-c4c(Cl)ccc(Cl)c4F)n2)OC[C@]3(C)C(N)=O)C(F)(F)F)cc2cn(C3CC3)nc12. The fourth-order valence-corrected chi connectivity index (χ4v) is 5.69. The highest BCUT2D eigenvalue weighted by Crippen LogP contribution is 2.49. The van der Waals surface area contributed by atoms with Crippen molar-refractivity contribution >= 4 is 45.9 Å². The largest absolute Gasteiger partial charge is 0.494 e. The predicted molar refractivity (Wildman–Crippen MR) is 159 cm³/mol. The Bertz CT molecular complexity index is 1930. The molecule has 1 aliphatic carbocycles. The van der Waals surface area contributed by atoms with E-state index in [2.05, 4.69) is 15.4 Å². The Morgan fingerprint density at radius 3 is 2.54 bits per heavy atom. The molecule has 1 saturated carbocycles. The summed E-state index contributed by atoms with van der Waals surface area (Å²) < 4.78 is 72.5. The number of methoxy groups -OCH3 is 1. The van der Waals surface area contributed by atoms with Gasteiger partial charge in [-0.25, -0.2) is 9.37 Å². The summed E-state index contributed by atoms with van der Waals surface area (Å²) >= 11 is 12.2. The van der Waals surface area contributed by atoms with E-state index in [1.807, 2.05) is 0 Å². The summed E-state index contributed by atoms with van der Waals surface area (Å²) in [5.41, 5.74) is -1.92. The number of carbonyl (C=O) groups excluding carboxylic acids is 2. The van der Waals surface area contributed by atoms with Crippen LogP contribution >= 0.6 is 23.2 Å². The van der Waals surface area contributed by atoms with Crippen LogP contribution in [0.15, 0.2) is 36.5 Å². The molecule has 2 aromatic carbocycles. The molecule has 1 unspecified atom stereocenters. The maximum atomic E-state index is 15.3.